The zero-order valence-corrected chi connectivity index (χ0v) is 16.5. The Morgan fingerprint density at radius 2 is 1.93 bits per heavy atom. The van der Waals surface area contributed by atoms with E-state index in [0.717, 1.165) is 45.2 Å². The second-order valence-corrected chi connectivity index (χ2v) is 7.96. The molecule has 0 radical (unpaired) electrons. The van der Waals surface area contributed by atoms with Crippen LogP contribution < -0.4 is 10.5 Å². The predicted molar refractivity (Wildman–Crippen MR) is 110 cm³/mol. The first-order valence-electron chi connectivity index (χ1n) is 10.4. The van der Waals surface area contributed by atoms with Gasteiger partial charge in [-0.1, -0.05) is 24.3 Å². The highest BCUT2D eigenvalue weighted by Gasteiger charge is 2.32. The topological polar surface area (TPSA) is 85.5 Å². The van der Waals surface area contributed by atoms with Crippen LogP contribution in [-0.2, 0) is 11.2 Å². The van der Waals surface area contributed by atoms with Crippen molar-refractivity contribution >= 4 is 11.8 Å². The fourth-order valence-corrected chi connectivity index (χ4v) is 4.40. The number of amides is 2. The summed E-state index contributed by atoms with van der Waals surface area (Å²) >= 11 is 0. The molecule has 4 rings (SSSR count). The lowest BCUT2D eigenvalue weighted by Gasteiger charge is -2.35. The van der Waals surface area contributed by atoms with E-state index in [2.05, 4.69) is 23.2 Å². The quantitative estimate of drug-likeness (QED) is 0.846. The van der Waals surface area contributed by atoms with Crippen molar-refractivity contribution in [1.29, 1.82) is 0 Å². The highest BCUT2D eigenvalue weighted by molar-refractivity contribution is 5.91. The third-order valence-corrected chi connectivity index (χ3v) is 6.06. The Morgan fingerprint density at radius 3 is 2.72 bits per heavy atom. The summed E-state index contributed by atoms with van der Waals surface area (Å²) < 4.78 is 5.84. The van der Waals surface area contributed by atoms with E-state index in [1.807, 2.05) is 11.0 Å². The molecular weight excluding hydrogens is 366 g/mol. The van der Waals surface area contributed by atoms with Crippen molar-refractivity contribution in [3.05, 3.63) is 59.4 Å². The van der Waals surface area contributed by atoms with Gasteiger partial charge in [0.15, 0.2) is 0 Å². The molecule has 0 spiro atoms. The second-order valence-electron chi connectivity index (χ2n) is 7.96. The predicted octanol–water partition coefficient (Wildman–Crippen LogP) is 2.92. The lowest BCUT2D eigenvalue weighted by molar-refractivity contribution is -0.134. The number of hydrogen-bond acceptors (Lipinski definition) is 4. The lowest BCUT2D eigenvalue weighted by atomic mass is 9.81. The standard InChI is InChI=1S/C23H27N3O3/c24-22(27)21-14-18(8-11-25-21)29-15-16-9-12-26(13-10-16)23(28)20-7-3-5-17-4-1-2-6-19(17)20/h1-2,4,6,8,11,14,16,20H,3,5,7,9-10,12-13,15H2,(H2,24,27). The van der Waals surface area contributed by atoms with E-state index < -0.39 is 5.91 Å². The average molecular weight is 393 g/mol. The van der Waals surface area contributed by atoms with Gasteiger partial charge in [-0.25, -0.2) is 0 Å². The van der Waals surface area contributed by atoms with E-state index in [4.69, 9.17) is 10.5 Å². The largest absolute Gasteiger partial charge is 0.493 e. The maximum absolute atomic E-state index is 13.1. The maximum atomic E-state index is 13.1. The molecule has 1 aliphatic heterocycles. The van der Waals surface area contributed by atoms with Gasteiger partial charge in [-0.05, 0) is 55.2 Å². The number of primary amides is 1. The van der Waals surface area contributed by atoms with Crippen LogP contribution in [0.25, 0.3) is 0 Å². The van der Waals surface area contributed by atoms with E-state index in [1.165, 1.54) is 17.3 Å². The van der Waals surface area contributed by atoms with Crippen LogP contribution in [0.4, 0.5) is 0 Å². The van der Waals surface area contributed by atoms with Gasteiger partial charge in [0.05, 0.1) is 12.5 Å². The molecule has 2 heterocycles. The van der Waals surface area contributed by atoms with Gasteiger partial charge in [-0.3, -0.25) is 14.6 Å². The van der Waals surface area contributed by atoms with Gasteiger partial charge in [0.1, 0.15) is 11.4 Å². The van der Waals surface area contributed by atoms with E-state index in [0.29, 0.717) is 18.3 Å². The average Bonchev–Trinajstić information content (AvgIpc) is 2.77. The number of piperidine rings is 1. The number of ether oxygens (including phenoxy) is 1. The molecule has 1 saturated heterocycles. The molecule has 29 heavy (non-hydrogen) atoms. The first kappa shape index (κ1) is 19.4. The van der Waals surface area contributed by atoms with Crippen molar-refractivity contribution in [3.63, 3.8) is 0 Å². The van der Waals surface area contributed by atoms with E-state index in [9.17, 15) is 9.59 Å². The Kier molecular flexibility index (Phi) is 5.79. The molecule has 1 fully saturated rings. The van der Waals surface area contributed by atoms with Crippen LogP contribution >= 0.6 is 0 Å². The number of carbonyl (C=O) groups is 2. The molecular formula is C23H27N3O3. The zero-order chi connectivity index (χ0) is 20.2. The third kappa shape index (κ3) is 4.42. The number of aromatic nitrogens is 1. The molecule has 0 saturated carbocycles. The minimum absolute atomic E-state index is 0.0109. The zero-order valence-electron chi connectivity index (χ0n) is 16.5. The number of likely N-dealkylation sites (tertiary alicyclic amines) is 1. The number of hydrogen-bond donors (Lipinski definition) is 1. The molecule has 2 aliphatic rings. The Bertz CT molecular complexity index is 890. The molecule has 2 amide bonds. The molecule has 0 bridgehead atoms. The van der Waals surface area contributed by atoms with Crippen molar-refractivity contribution in [2.24, 2.45) is 11.7 Å². The number of pyridine rings is 1. The fourth-order valence-electron chi connectivity index (χ4n) is 4.40. The first-order valence-corrected chi connectivity index (χ1v) is 10.4. The van der Waals surface area contributed by atoms with Crippen LogP contribution in [0.5, 0.6) is 5.75 Å². The molecule has 152 valence electrons. The number of nitrogens with zero attached hydrogens (tertiary/aromatic N) is 2. The lowest BCUT2D eigenvalue weighted by Crippen LogP contribution is -2.42. The summed E-state index contributed by atoms with van der Waals surface area (Å²) in [6.07, 6.45) is 6.48. The maximum Gasteiger partial charge on any atom is 0.267 e. The Hall–Kier alpha value is -2.89. The summed E-state index contributed by atoms with van der Waals surface area (Å²) in [6, 6.07) is 11.7. The molecule has 1 aliphatic carbocycles. The Labute approximate surface area is 171 Å². The number of nitrogens with two attached hydrogens (primary N) is 1. The SMILES string of the molecule is NC(=O)c1cc(OCC2CCN(C(=O)C3CCCc4ccccc43)CC2)ccn1. The smallest absolute Gasteiger partial charge is 0.267 e. The van der Waals surface area contributed by atoms with E-state index in [-0.39, 0.29) is 17.5 Å². The van der Waals surface area contributed by atoms with Crippen LogP contribution in [-0.4, -0.2) is 41.4 Å². The monoisotopic (exact) mass is 393 g/mol. The molecule has 1 unspecified atom stereocenters. The number of fused-ring (bicyclic) bond motifs is 1. The van der Waals surface area contributed by atoms with Crippen LogP contribution in [0.1, 0.15) is 53.2 Å². The number of aryl methyl sites for hydroxylation is 1. The normalized spacial score (nSPS) is 19.4. The summed E-state index contributed by atoms with van der Waals surface area (Å²) in [7, 11) is 0. The summed E-state index contributed by atoms with van der Waals surface area (Å²) in [5.74, 6) is 0.717. The molecule has 2 aromatic rings. The summed E-state index contributed by atoms with van der Waals surface area (Å²) in [5.41, 5.74) is 8.01. The molecule has 1 aromatic carbocycles. The van der Waals surface area contributed by atoms with Crippen LogP contribution in [0.3, 0.4) is 0 Å². The van der Waals surface area contributed by atoms with Crippen LogP contribution in [0, 0.1) is 5.92 Å². The van der Waals surface area contributed by atoms with Crippen LogP contribution in [0.2, 0.25) is 0 Å². The van der Waals surface area contributed by atoms with Crippen molar-refractivity contribution in [3.8, 4) is 5.75 Å². The Balaban J connectivity index is 1.30. The van der Waals surface area contributed by atoms with Crippen molar-refractivity contribution < 1.29 is 14.3 Å². The second kappa shape index (κ2) is 8.64. The molecule has 6 heteroatoms. The van der Waals surface area contributed by atoms with Gasteiger partial charge < -0.3 is 15.4 Å². The van der Waals surface area contributed by atoms with Crippen molar-refractivity contribution in [1.82, 2.24) is 9.88 Å². The van der Waals surface area contributed by atoms with E-state index >= 15 is 0 Å². The van der Waals surface area contributed by atoms with Gasteiger partial charge in [0.2, 0.25) is 5.91 Å². The molecule has 1 aromatic heterocycles. The minimum atomic E-state index is -0.563. The molecule has 1 atom stereocenters. The van der Waals surface area contributed by atoms with Gasteiger partial charge in [-0.2, -0.15) is 0 Å². The number of carbonyl (C=O) groups excluding carboxylic acids is 2. The molecule has 2 N–H and O–H groups in total. The highest BCUT2D eigenvalue weighted by atomic mass is 16.5. The van der Waals surface area contributed by atoms with Crippen molar-refractivity contribution in [2.75, 3.05) is 19.7 Å². The minimum Gasteiger partial charge on any atom is -0.493 e. The van der Waals surface area contributed by atoms with Gasteiger partial charge in [0, 0.05) is 25.4 Å². The van der Waals surface area contributed by atoms with Crippen molar-refractivity contribution in [2.45, 2.75) is 38.0 Å². The summed E-state index contributed by atoms with van der Waals surface area (Å²) in [6.45, 7) is 2.11. The van der Waals surface area contributed by atoms with Gasteiger partial charge in [-0.15, -0.1) is 0 Å². The fraction of sp³-hybridized carbons (Fsp3) is 0.435. The highest BCUT2D eigenvalue weighted by Crippen LogP contribution is 2.34. The first-order chi connectivity index (χ1) is 14.1. The summed E-state index contributed by atoms with van der Waals surface area (Å²) in [5, 5.41) is 0. The summed E-state index contributed by atoms with van der Waals surface area (Å²) in [4.78, 5) is 30.3. The van der Waals surface area contributed by atoms with Crippen LogP contribution in [0.15, 0.2) is 42.6 Å². The third-order valence-electron chi connectivity index (χ3n) is 6.06. The number of benzene rings is 1. The van der Waals surface area contributed by atoms with Gasteiger partial charge >= 0.3 is 0 Å². The van der Waals surface area contributed by atoms with E-state index in [1.54, 1.807) is 12.1 Å². The molecule has 6 nitrogen and oxygen atoms in total. The number of rotatable bonds is 5. The van der Waals surface area contributed by atoms with Gasteiger partial charge in [0.25, 0.3) is 5.91 Å². The Morgan fingerprint density at radius 1 is 1.14 bits per heavy atom.